The first kappa shape index (κ1) is 13.6. The van der Waals surface area contributed by atoms with Gasteiger partial charge in [-0.15, -0.1) is 11.3 Å². The van der Waals surface area contributed by atoms with E-state index < -0.39 is 0 Å². The fourth-order valence-electron chi connectivity index (χ4n) is 1.53. The highest BCUT2D eigenvalue weighted by molar-refractivity contribution is 7.13. The number of unbranched alkanes of at least 4 members (excludes halogenated alkanes) is 1. The van der Waals surface area contributed by atoms with Crippen LogP contribution in [0.4, 0.5) is 0 Å². The van der Waals surface area contributed by atoms with Gasteiger partial charge in [-0.05, 0) is 26.2 Å². The van der Waals surface area contributed by atoms with Gasteiger partial charge in [-0.25, -0.2) is 4.98 Å². The molecule has 0 aliphatic heterocycles. The second kappa shape index (κ2) is 6.34. The number of nitrogens with two attached hydrogens (primary N) is 2. The van der Waals surface area contributed by atoms with Crippen molar-refractivity contribution in [3.05, 3.63) is 15.6 Å². The zero-order chi connectivity index (χ0) is 12.8. The molecule has 0 saturated carbocycles. The Labute approximate surface area is 105 Å². The molecule has 0 spiro atoms. The molecule has 5 nitrogen and oxygen atoms in total. The number of Topliss-reactive ketones (excluding diaryl/α,β-unsaturated/α-hetero) is 1. The van der Waals surface area contributed by atoms with E-state index in [4.69, 9.17) is 11.5 Å². The van der Waals surface area contributed by atoms with Gasteiger partial charge in [0.2, 0.25) is 0 Å². The summed E-state index contributed by atoms with van der Waals surface area (Å²) in [6.45, 7) is 4.12. The number of hydrogen-bond donors (Lipinski definition) is 2. The van der Waals surface area contributed by atoms with E-state index in [-0.39, 0.29) is 11.7 Å². The topological polar surface area (TPSA) is 94.4 Å². The molecule has 94 valence electrons. The molecule has 0 atom stereocenters. The summed E-state index contributed by atoms with van der Waals surface area (Å²) in [5, 5.41) is 0.939. The summed E-state index contributed by atoms with van der Waals surface area (Å²) >= 11 is 1.46. The van der Waals surface area contributed by atoms with Crippen molar-refractivity contribution in [3.8, 4) is 0 Å². The number of ketones is 1. The smallest absolute Gasteiger partial charge is 0.185 e. The third kappa shape index (κ3) is 4.52. The maximum atomic E-state index is 11.4. The molecule has 1 heterocycles. The quantitative estimate of drug-likeness (QED) is 0.346. The Morgan fingerprint density at radius 2 is 2.12 bits per heavy atom. The lowest BCUT2D eigenvalue weighted by Crippen LogP contribution is -2.22. The molecule has 0 saturated heterocycles. The van der Waals surface area contributed by atoms with Gasteiger partial charge in [0.15, 0.2) is 11.7 Å². The molecule has 1 rings (SSSR count). The lowest BCUT2D eigenvalue weighted by molar-refractivity contribution is 0.102. The Kier molecular flexibility index (Phi) is 5.09. The molecule has 0 unspecified atom stereocenters. The molecule has 0 amide bonds. The Hall–Kier alpha value is -1.43. The van der Waals surface area contributed by atoms with Crippen molar-refractivity contribution in [2.24, 2.45) is 16.5 Å². The lowest BCUT2D eigenvalue weighted by atomic mass is 10.1. The molecule has 0 radical (unpaired) electrons. The molecule has 1 aromatic heterocycles. The van der Waals surface area contributed by atoms with Crippen molar-refractivity contribution < 1.29 is 4.79 Å². The highest BCUT2D eigenvalue weighted by atomic mass is 32.1. The fourth-order valence-corrected chi connectivity index (χ4v) is 2.39. The maximum Gasteiger partial charge on any atom is 0.185 e. The van der Waals surface area contributed by atoms with Crippen LogP contribution in [0.3, 0.4) is 0 Å². The number of carbonyl (C=O) groups excluding carboxylic acids is 1. The van der Waals surface area contributed by atoms with Gasteiger partial charge in [0, 0.05) is 13.5 Å². The summed E-state index contributed by atoms with van der Waals surface area (Å²) in [7, 11) is 0. The fraction of sp³-hybridized carbons (Fsp3) is 0.545. The Balaban J connectivity index is 2.46. The second-order valence-electron chi connectivity index (χ2n) is 3.83. The predicted octanol–water partition coefficient (Wildman–Crippen LogP) is 1.25. The molecule has 17 heavy (non-hydrogen) atoms. The maximum absolute atomic E-state index is 11.4. The second-order valence-corrected chi connectivity index (χ2v) is 5.03. The molecule has 0 aliphatic carbocycles. The molecule has 4 N–H and O–H groups in total. The Morgan fingerprint density at radius 1 is 1.41 bits per heavy atom. The van der Waals surface area contributed by atoms with Crippen LogP contribution in [-0.2, 0) is 6.42 Å². The van der Waals surface area contributed by atoms with E-state index in [0.29, 0.717) is 6.54 Å². The number of rotatable bonds is 6. The van der Waals surface area contributed by atoms with Crippen LogP contribution in [-0.4, -0.2) is 23.3 Å². The van der Waals surface area contributed by atoms with Crippen LogP contribution in [0.25, 0.3) is 0 Å². The molecule has 0 fully saturated rings. The minimum atomic E-state index is 0.0924. The van der Waals surface area contributed by atoms with Crippen molar-refractivity contribution >= 4 is 23.1 Å². The van der Waals surface area contributed by atoms with Crippen LogP contribution in [0.5, 0.6) is 0 Å². The number of nitrogens with zero attached hydrogens (tertiary/aromatic N) is 2. The van der Waals surface area contributed by atoms with Gasteiger partial charge < -0.3 is 11.5 Å². The first-order valence-corrected chi connectivity index (χ1v) is 6.35. The van der Waals surface area contributed by atoms with Crippen LogP contribution in [0.1, 0.15) is 40.1 Å². The third-order valence-electron chi connectivity index (χ3n) is 2.24. The highest BCUT2D eigenvalue weighted by Crippen LogP contribution is 2.20. The largest absolute Gasteiger partial charge is 0.370 e. The average molecular weight is 254 g/mol. The molecule has 0 bridgehead atoms. The minimum Gasteiger partial charge on any atom is -0.370 e. The minimum absolute atomic E-state index is 0.0924. The van der Waals surface area contributed by atoms with E-state index in [0.717, 1.165) is 34.8 Å². The first-order chi connectivity index (χ1) is 8.00. The number of carbonyl (C=O) groups is 1. The molecular weight excluding hydrogens is 236 g/mol. The zero-order valence-corrected chi connectivity index (χ0v) is 11.0. The first-order valence-electron chi connectivity index (χ1n) is 5.53. The SMILES string of the molecule is CC(=O)c1sc(C)nc1CCCCN=C(N)N. The van der Waals surface area contributed by atoms with Crippen molar-refractivity contribution in [2.75, 3.05) is 6.54 Å². The summed E-state index contributed by atoms with van der Waals surface area (Å²) in [6, 6.07) is 0. The van der Waals surface area contributed by atoms with Crippen molar-refractivity contribution in [1.82, 2.24) is 4.98 Å². The number of hydrogen-bond acceptors (Lipinski definition) is 4. The van der Waals surface area contributed by atoms with E-state index in [1.54, 1.807) is 6.92 Å². The molecule has 0 aromatic carbocycles. The normalized spacial score (nSPS) is 10.2. The van der Waals surface area contributed by atoms with E-state index in [2.05, 4.69) is 9.98 Å². The summed E-state index contributed by atoms with van der Waals surface area (Å²) < 4.78 is 0. The molecule has 0 aliphatic rings. The van der Waals surface area contributed by atoms with Crippen LogP contribution in [0, 0.1) is 6.92 Å². The van der Waals surface area contributed by atoms with Crippen molar-refractivity contribution in [1.29, 1.82) is 0 Å². The number of aromatic nitrogens is 1. The van der Waals surface area contributed by atoms with Gasteiger partial charge in [-0.3, -0.25) is 9.79 Å². The number of thiazole rings is 1. The number of guanidine groups is 1. The van der Waals surface area contributed by atoms with Crippen LogP contribution >= 0.6 is 11.3 Å². The van der Waals surface area contributed by atoms with Crippen LogP contribution in [0.15, 0.2) is 4.99 Å². The standard InChI is InChI=1S/C11H18N4OS/c1-7(16)10-9(15-8(2)17-10)5-3-4-6-14-11(12)13/h3-6H2,1-2H3,(H4,12,13,14). The Bertz CT molecular complexity index is 421. The van der Waals surface area contributed by atoms with E-state index in [9.17, 15) is 4.79 Å². The van der Waals surface area contributed by atoms with Crippen LogP contribution in [0.2, 0.25) is 0 Å². The van der Waals surface area contributed by atoms with E-state index >= 15 is 0 Å². The van der Waals surface area contributed by atoms with Crippen molar-refractivity contribution in [3.63, 3.8) is 0 Å². The molecule has 6 heteroatoms. The predicted molar refractivity (Wildman–Crippen MR) is 70.5 cm³/mol. The molecular formula is C11H18N4OS. The van der Waals surface area contributed by atoms with E-state index in [1.807, 2.05) is 6.92 Å². The summed E-state index contributed by atoms with van der Waals surface area (Å²) in [4.78, 5) is 20.4. The molecule has 1 aromatic rings. The summed E-state index contributed by atoms with van der Waals surface area (Å²) in [5.41, 5.74) is 11.4. The van der Waals surface area contributed by atoms with Crippen LogP contribution < -0.4 is 11.5 Å². The van der Waals surface area contributed by atoms with Crippen molar-refractivity contribution in [2.45, 2.75) is 33.1 Å². The monoisotopic (exact) mass is 254 g/mol. The van der Waals surface area contributed by atoms with Gasteiger partial charge >= 0.3 is 0 Å². The van der Waals surface area contributed by atoms with Gasteiger partial charge in [-0.1, -0.05) is 0 Å². The van der Waals surface area contributed by atoms with E-state index in [1.165, 1.54) is 11.3 Å². The Morgan fingerprint density at radius 3 is 2.71 bits per heavy atom. The third-order valence-corrected chi connectivity index (χ3v) is 3.35. The number of aliphatic imine (C=N–C) groups is 1. The number of aryl methyl sites for hydroxylation is 2. The summed E-state index contributed by atoms with van der Waals surface area (Å²) in [5.74, 6) is 0.216. The van der Waals surface area contributed by atoms with Gasteiger partial charge in [0.25, 0.3) is 0 Å². The van der Waals surface area contributed by atoms with Gasteiger partial charge in [0.05, 0.1) is 15.6 Å². The highest BCUT2D eigenvalue weighted by Gasteiger charge is 2.12. The average Bonchev–Trinajstić information content (AvgIpc) is 2.59. The summed E-state index contributed by atoms with van der Waals surface area (Å²) in [6.07, 6.45) is 2.63. The van der Waals surface area contributed by atoms with Gasteiger partial charge in [-0.2, -0.15) is 0 Å². The lowest BCUT2D eigenvalue weighted by Gasteiger charge is -1.99. The van der Waals surface area contributed by atoms with Gasteiger partial charge in [0.1, 0.15) is 0 Å². The zero-order valence-electron chi connectivity index (χ0n) is 10.2.